The fraction of sp³-hybridized carbons (Fsp3) is 0.400. The fourth-order valence-electron chi connectivity index (χ4n) is 2.36. The van der Waals surface area contributed by atoms with Crippen molar-refractivity contribution in [2.75, 3.05) is 13.7 Å². The lowest BCUT2D eigenvalue weighted by Gasteiger charge is -2.19. The van der Waals surface area contributed by atoms with E-state index in [1.807, 2.05) is 16.8 Å². The van der Waals surface area contributed by atoms with Gasteiger partial charge in [-0.15, -0.1) is 0 Å². The van der Waals surface area contributed by atoms with Crippen LogP contribution in [-0.4, -0.2) is 23.4 Å². The lowest BCUT2D eigenvalue weighted by Crippen LogP contribution is -2.13. The van der Waals surface area contributed by atoms with E-state index in [1.165, 1.54) is 13.2 Å². The maximum atomic E-state index is 11.8. The molecule has 0 fully saturated rings. The van der Waals surface area contributed by atoms with Gasteiger partial charge in [-0.05, 0) is 12.5 Å². The van der Waals surface area contributed by atoms with Crippen molar-refractivity contribution in [2.45, 2.75) is 26.3 Å². The van der Waals surface area contributed by atoms with E-state index in [-0.39, 0.29) is 17.1 Å². The maximum Gasteiger partial charge on any atom is 0.201 e. The van der Waals surface area contributed by atoms with Crippen LogP contribution in [0.25, 0.3) is 11.1 Å². The highest BCUT2D eigenvalue weighted by Gasteiger charge is 2.18. The minimum absolute atomic E-state index is 0.0581. The summed E-state index contributed by atoms with van der Waals surface area (Å²) < 4.78 is 7.24. The SMILES string of the molecule is CCCc1cc2c(Cl)c(=O)cc(OC)c-2cn1CCO. The molecule has 0 amide bonds. The number of aliphatic hydroxyl groups excluding tert-OH is 1. The molecule has 0 radical (unpaired) electrons. The zero-order valence-electron chi connectivity index (χ0n) is 11.6. The summed E-state index contributed by atoms with van der Waals surface area (Å²) >= 11 is 6.13. The second kappa shape index (κ2) is 6.29. The maximum absolute atomic E-state index is 11.8. The monoisotopic (exact) mass is 295 g/mol. The third kappa shape index (κ3) is 2.67. The minimum Gasteiger partial charge on any atom is -0.496 e. The molecule has 2 aliphatic rings. The smallest absolute Gasteiger partial charge is 0.201 e. The second-order valence-corrected chi connectivity index (χ2v) is 5.03. The lowest BCUT2D eigenvalue weighted by molar-refractivity contribution is 0.274. The number of rotatable bonds is 5. The first-order valence-electron chi connectivity index (χ1n) is 6.62. The van der Waals surface area contributed by atoms with E-state index in [4.69, 9.17) is 16.3 Å². The quantitative estimate of drug-likeness (QED) is 0.922. The molecule has 0 aromatic heterocycles. The first-order chi connectivity index (χ1) is 9.62. The summed E-state index contributed by atoms with van der Waals surface area (Å²) in [6.07, 6.45) is 3.72. The molecule has 0 unspecified atom stereocenters. The van der Waals surface area contributed by atoms with Crippen LogP contribution < -0.4 is 10.2 Å². The zero-order valence-corrected chi connectivity index (χ0v) is 12.4. The first-order valence-corrected chi connectivity index (χ1v) is 7.00. The van der Waals surface area contributed by atoms with Gasteiger partial charge in [-0.2, -0.15) is 0 Å². The van der Waals surface area contributed by atoms with Gasteiger partial charge in [-0.3, -0.25) is 4.79 Å². The molecule has 0 atom stereocenters. The number of benzene rings is 1. The van der Waals surface area contributed by atoms with E-state index in [2.05, 4.69) is 6.92 Å². The Morgan fingerprint density at radius 3 is 2.70 bits per heavy atom. The number of pyridine rings is 1. The summed E-state index contributed by atoms with van der Waals surface area (Å²) in [6.45, 7) is 2.65. The van der Waals surface area contributed by atoms with Crippen LogP contribution in [0.3, 0.4) is 0 Å². The van der Waals surface area contributed by atoms with E-state index >= 15 is 0 Å². The number of aromatic nitrogens is 1. The molecule has 0 bridgehead atoms. The molecular formula is C15H18ClNO3. The van der Waals surface area contributed by atoms with E-state index in [0.717, 1.165) is 24.1 Å². The lowest BCUT2D eigenvalue weighted by atomic mass is 10.0. The van der Waals surface area contributed by atoms with Crippen LogP contribution in [0.4, 0.5) is 0 Å². The normalized spacial score (nSPS) is 11.0. The third-order valence-corrected chi connectivity index (χ3v) is 3.69. The number of hydrogen-bond donors (Lipinski definition) is 1. The van der Waals surface area contributed by atoms with Crippen LogP contribution >= 0.6 is 11.6 Å². The van der Waals surface area contributed by atoms with Gasteiger partial charge in [-0.25, -0.2) is 0 Å². The van der Waals surface area contributed by atoms with Crippen molar-refractivity contribution < 1.29 is 9.84 Å². The zero-order chi connectivity index (χ0) is 14.7. The molecule has 0 aromatic carbocycles. The van der Waals surface area contributed by atoms with Crippen molar-refractivity contribution in [3.05, 3.63) is 39.3 Å². The van der Waals surface area contributed by atoms with Gasteiger partial charge in [0.2, 0.25) is 5.43 Å². The highest BCUT2D eigenvalue weighted by Crippen LogP contribution is 2.35. The van der Waals surface area contributed by atoms with Crippen LogP contribution in [0.2, 0.25) is 5.02 Å². The Balaban J connectivity index is 2.75. The topological polar surface area (TPSA) is 51.5 Å². The number of hydrogen-bond acceptors (Lipinski definition) is 3. The summed E-state index contributed by atoms with van der Waals surface area (Å²) in [5.74, 6) is 0.504. The average molecular weight is 296 g/mol. The van der Waals surface area contributed by atoms with Gasteiger partial charge >= 0.3 is 0 Å². The van der Waals surface area contributed by atoms with Crippen LogP contribution in [0.5, 0.6) is 5.75 Å². The first kappa shape index (κ1) is 14.9. The number of nitrogens with zero attached hydrogens (tertiary/aromatic N) is 1. The van der Waals surface area contributed by atoms with Gasteiger partial charge in [0, 0.05) is 35.6 Å². The highest BCUT2D eigenvalue weighted by atomic mass is 35.5. The Labute approximate surface area is 122 Å². The molecule has 5 heteroatoms. The van der Waals surface area contributed by atoms with Gasteiger partial charge in [0.15, 0.2) is 0 Å². The van der Waals surface area contributed by atoms with Crippen LogP contribution in [0.15, 0.2) is 23.1 Å². The molecule has 0 saturated carbocycles. The van der Waals surface area contributed by atoms with Crippen LogP contribution in [0, 0.1) is 0 Å². The minimum atomic E-state index is -0.238. The molecule has 2 rings (SSSR count). The fourth-order valence-corrected chi connectivity index (χ4v) is 2.57. The molecule has 108 valence electrons. The van der Waals surface area contributed by atoms with Gasteiger partial charge in [-0.1, -0.05) is 24.9 Å². The Morgan fingerprint density at radius 1 is 1.35 bits per heavy atom. The molecule has 1 heterocycles. The molecule has 4 nitrogen and oxygen atoms in total. The second-order valence-electron chi connectivity index (χ2n) is 4.65. The standard InChI is InChI=1S/C15H18ClNO3/c1-3-4-10-7-11-12(9-17(10)5-6-18)14(20-2)8-13(19)15(11)16/h7-9,18H,3-6H2,1-2H3. The third-order valence-electron chi connectivity index (χ3n) is 3.30. The molecule has 1 N–H and O–H groups in total. The number of methoxy groups -OCH3 is 1. The van der Waals surface area contributed by atoms with Crippen molar-refractivity contribution in [2.24, 2.45) is 0 Å². The number of ether oxygens (including phenoxy) is 1. The van der Waals surface area contributed by atoms with E-state index in [9.17, 15) is 9.90 Å². The van der Waals surface area contributed by atoms with Crippen molar-refractivity contribution in [1.29, 1.82) is 0 Å². The van der Waals surface area contributed by atoms with E-state index < -0.39 is 0 Å². The Morgan fingerprint density at radius 2 is 2.10 bits per heavy atom. The average Bonchev–Trinajstić information content (AvgIpc) is 2.44. The van der Waals surface area contributed by atoms with Crippen LogP contribution in [0.1, 0.15) is 19.0 Å². The van der Waals surface area contributed by atoms with Crippen molar-refractivity contribution in [3.8, 4) is 16.9 Å². The van der Waals surface area contributed by atoms with Gasteiger partial charge in [0.25, 0.3) is 0 Å². The summed E-state index contributed by atoms with van der Waals surface area (Å²) in [5, 5.41) is 9.40. The predicted octanol–water partition coefficient (Wildman–Crippen LogP) is 2.56. The molecule has 1 aliphatic heterocycles. The largest absolute Gasteiger partial charge is 0.496 e. The molecule has 20 heavy (non-hydrogen) atoms. The summed E-state index contributed by atoms with van der Waals surface area (Å²) in [4.78, 5) is 11.8. The number of fused-ring (bicyclic) bond motifs is 1. The Kier molecular flexibility index (Phi) is 4.68. The molecule has 0 saturated heterocycles. The Bertz CT molecular complexity index is 636. The molecule has 1 aliphatic carbocycles. The van der Waals surface area contributed by atoms with Crippen LogP contribution in [-0.2, 0) is 13.0 Å². The van der Waals surface area contributed by atoms with Gasteiger partial charge in [0.1, 0.15) is 5.75 Å². The number of halogens is 1. The van der Waals surface area contributed by atoms with E-state index in [1.54, 1.807) is 0 Å². The van der Waals surface area contributed by atoms with Crippen molar-refractivity contribution in [1.82, 2.24) is 4.57 Å². The molecule has 0 spiro atoms. The highest BCUT2D eigenvalue weighted by molar-refractivity contribution is 6.33. The van der Waals surface area contributed by atoms with Gasteiger partial charge in [0.05, 0.1) is 18.7 Å². The molecule has 0 aromatic rings. The number of aryl methyl sites for hydroxylation is 1. The predicted molar refractivity (Wildman–Crippen MR) is 80.0 cm³/mol. The summed E-state index contributed by atoms with van der Waals surface area (Å²) in [6, 6.07) is 3.31. The van der Waals surface area contributed by atoms with Gasteiger partial charge < -0.3 is 14.4 Å². The summed E-state index contributed by atoms with van der Waals surface area (Å²) in [7, 11) is 1.53. The molecular weight excluding hydrogens is 278 g/mol. The summed E-state index contributed by atoms with van der Waals surface area (Å²) in [5.41, 5.74) is 2.29. The Hall–Kier alpha value is -1.52. The number of aliphatic hydroxyl groups is 1. The van der Waals surface area contributed by atoms with Crippen molar-refractivity contribution in [3.63, 3.8) is 0 Å². The van der Waals surface area contributed by atoms with E-state index in [0.29, 0.717) is 17.9 Å². The van der Waals surface area contributed by atoms with Crippen molar-refractivity contribution >= 4 is 11.6 Å².